The first-order valence-electron chi connectivity index (χ1n) is 45.3. The van der Waals surface area contributed by atoms with Crippen molar-refractivity contribution in [2.45, 2.75) is 170 Å². The van der Waals surface area contributed by atoms with Crippen molar-refractivity contribution in [2.24, 2.45) is 0 Å². The van der Waals surface area contributed by atoms with Crippen molar-refractivity contribution in [1.82, 2.24) is 29.9 Å². The maximum Gasteiger partial charge on any atom is 0.357 e. The number of aromatic nitrogens is 6. The van der Waals surface area contributed by atoms with Crippen molar-refractivity contribution >= 4 is 53.5 Å². The van der Waals surface area contributed by atoms with E-state index in [0.717, 1.165) is 99.0 Å². The van der Waals surface area contributed by atoms with Crippen LogP contribution >= 0.6 is 11.8 Å². The zero-order valence-corrected chi connectivity index (χ0v) is 80.8. The van der Waals surface area contributed by atoms with Crippen LogP contribution in [0.15, 0.2) is 290 Å². The second kappa shape index (κ2) is 58.1. The molecule has 0 aliphatic rings. The summed E-state index contributed by atoms with van der Waals surface area (Å²) in [6.07, 6.45) is 10.5. The van der Waals surface area contributed by atoms with Crippen molar-refractivity contribution < 1.29 is 80.9 Å². The van der Waals surface area contributed by atoms with Crippen LogP contribution in [0.25, 0.3) is 56.3 Å². The van der Waals surface area contributed by atoms with Gasteiger partial charge < -0.3 is 47.4 Å². The standard InChI is InChI=1S/C24H21NO3.C19H23NO3.C19H23NO2.C17H17NO4.C17H19NO3.C16H17NO2S/c1-17(2)28-24(26)23-6-4-5-22(25-23)20-13-9-18(10-14-20)7-8-19-11-15-21(27-3)16-12-19;1-3-4-5-6-14-23-16-12-10-15(11-13-16)17-8-7-9-18(20-17)19(21)22-2;1-4-5-7-15-10-12-16(13-11-15)17-8-6-9-18(20-17)19(21)22-14(2)3;1-3-21-17(20)16-6-4-5-15(18-16)14-9-7-13(8-10-14)11-22-12(2)19;1-13(2)21-17(19)15-9-6-10-16(18-15)20-12-11-14-7-4-3-5-8-14;1-11(2)19-16(18)15-6-4-5-14(17-15)12-7-9-13(20-3)10-8-12/h4-6,9-17H,1-3H3;7-13H,3-6,14H2,1-2H3;6,8-14H,4-5,7H2,1-3H3;4-10H,3,11H2,1-2H3;3-10,13H,11-12H2,1-2H3;4-11H,1-3H3. The van der Waals surface area contributed by atoms with E-state index in [1.165, 1.54) is 62.2 Å². The molecule has 0 amide bonds. The molecule has 0 fully saturated rings. The Morgan fingerprint density at radius 2 is 0.684 bits per heavy atom. The average molecular weight is 1850 g/mol. The van der Waals surface area contributed by atoms with Crippen molar-refractivity contribution in [3.05, 3.63) is 347 Å². The van der Waals surface area contributed by atoms with Crippen molar-refractivity contribution in [3.63, 3.8) is 0 Å². The van der Waals surface area contributed by atoms with Gasteiger partial charge in [0.15, 0.2) is 5.69 Å². The molecule has 7 aromatic carbocycles. The molecule has 0 spiro atoms. The number of carbonyl (C=O) groups excluding carboxylic acids is 7. The number of hydrogen-bond donors (Lipinski definition) is 0. The summed E-state index contributed by atoms with van der Waals surface area (Å²) < 4.78 is 51.7. The van der Waals surface area contributed by atoms with Crippen LogP contribution in [0.3, 0.4) is 0 Å². The minimum absolute atomic E-state index is 0.143. The van der Waals surface area contributed by atoms with Gasteiger partial charge in [0, 0.05) is 63.3 Å². The summed E-state index contributed by atoms with van der Waals surface area (Å²) in [6, 6.07) is 88.9. The molecule has 6 heterocycles. The number of nitrogens with zero attached hydrogens (tertiary/aromatic N) is 6. The number of benzene rings is 7. The van der Waals surface area contributed by atoms with Gasteiger partial charge in [0.2, 0.25) is 5.88 Å². The van der Waals surface area contributed by atoms with Gasteiger partial charge in [-0.3, -0.25) is 4.79 Å². The van der Waals surface area contributed by atoms with E-state index in [1.807, 2.05) is 242 Å². The number of unbranched alkanes of at least 4 members (excludes halogenated alkanes) is 4. The predicted octanol–water partition coefficient (Wildman–Crippen LogP) is 24.2. The third kappa shape index (κ3) is 38.0. The number of pyridine rings is 6. The second-order valence-electron chi connectivity index (χ2n) is 31.5. The van der Waals surface area contributed by atoms with Crippen LogP contribution in [0.2, 0.25) is 0 Å². The Labute approximate surface area is 802 Å². The lowest BCUT2D eigenvalue weighted by Gasteiger charge is -2.09. The van der Waals surface area contributed by atoms with Gasteiger partial charge in [-0.05, 0) is 244 Å². The van der Waals surface area contributed by atoms with E-state index < -0.39 is 23.9 Å². The molecule has 6 aromatic heterocycles. The van der Waals surface area contributed by atoms with E-state index in [2.05, 4.69) is 79.9 Å². The molecule has 706 valence electrons. The Balaban J connectivity index is 0.000000201. The third-order valence-electron chi connectivity index (χ3n) is 19.2. The number of thioether (sulfide) groups is 1. The highest BCUT2D eigenvalue weighted by molar-refractivity contribution is 7.98. The van der Waals surface area contributed by atoms with Gasteiger partial charge in [-0.2, -0.15) is 0 Å². The van der Waals surface area contributed by atoms with Crippen LogP contribution in [-0.2, 0) is 57.4 Å². The Morgan fingerprint density at radius 1 is 0.324 bits per heavy atom. The maximum atomic E-state index is 12.0. The Hall–Kier alpha value is -15.0. The lowest BCUT2D eigenvalue weighted by molar-refractivity contribution is -0.142. The van der Waals surface area contributed by atoms with Gasteiger partial charge in [-0.1, -0.05) is 191 Å². The fourth-order valence-corrected chi connectivity index (χ4v) is 12.8. The van der Waals surface area contributed by atoms with Crippen LogP contribution in [0.1, 0.15) is 212 Å². The quantitative estimate of drug-likeness (QED) is 0.0121. The van der Waals surface area contributed by atoms with E-state index in [0.29, 0.717) is 53.3 Å². The second-order valence-corrected chi connectivity index (χ2v) is 32.4. The zero-order valence-electron chi connectivity index (χ0n) is 80.0. The fourth-order valence-electron chi connectivity index (χ4n) is 12.4. The van der Waals surface area contributed by atoms with Crippen molar-refractivity contribution in [2.75, 3.05) is 40.3 Å². The lowest BCUT2D eigenvalue weighted by Crippen LogP contribution is -2.13. The first-order valence-corrected chi connectivity index (χ1v) is 46.5. The van der Waals surface area contributed by atoms with Gasteiger partial charge in [0.05, 0.1) is 86.9 Å². The van der Waals surface area contributed by atoms with E-state index in [1.54, 1.807) is 106 Å². The summed E-state index contributed by atoms with van der Waals surface area (Å²) in [5.41, 5.74) is 15.5. The largest absolute Gasteiger partial charge is 0.497 e. The van der Waals surface area contributed by atoms with E-state index >= 15 is 0 Å². The van der Waals surface area contributed by atoms with Crippen molar-refractivity contribution in [3.8, 4) is 85.5 Å². The normalized spacial score (nSPS) is 10.4. The van der Waals surface area contributed by atoms with Gasteiger partial charge in [0.25, 0.3) is 0 Å². The van der Waals surface area contributed by atoms with Gasteiger partial charge in [-0.25, -0.2) is 58.7 Å². The zero-order chi connectivity index (χ0) is 97.9. The molecule has 0 unspecified atom stereocenters. The maximum absolute atomic E-state index is 12.0. The minimum atomic E-state index is -0.434. The molecule has 0 atom stereocenters. The number of ether oxygens (including phenoxy) is 10. The first kappa shape index (κ1) is 106. The Kier molecular flexibility index (Phi) is 45.5. The van der Waals surface area contributed by atoms with E-state index in [-0.39, 0.29) is 60.3 Å². The van der Waals surface area contributed by atoms with Crippen LogP contribution in [0.5, 0.6) is 17.4 Å². The minimum Gasteiger partial charge on any atom is -0.497 e. The highest BCUT2D eigenvalue weighted by Crippen LogP contribution is 2.28. The number of rotatable bonds is 33. The summed E-state index contributed by atoms with van der Waals surface area (Å²) in [5, 5.41) is 0. The summed E-state index contributed by atoms with van der Waals surface area (Å²) in [7, 11) is 2.99. The average Bonchev–Trinajstić information content (AvgIpc) is 0.869. The molecular formula is C112H120N6O17S. The number of methoxy groups -OCH3 is 2. The topological polar surface area (TPSA) is 289 Å². The molecule has 0 N–H and O–H groups in total. The monoisotopic (exact) mass is 1850 g/mol. The molecule has 0 saturated heterocycles. The predicted molar refractivity (Wildman–Crippen MR) is 532 cm³/mol. The third-order valence-corrected chi connectivity index (χ3v) is 20.0. The number of aryl methyl sites for hydroxylation is 1. The smallest absolute Gasteiger partial charge is 0.357 e. The number of esters is 7. The molecule has 0 saturated carbocycles. The Bertz CT molecular complexity index is 5970. The van der Waals surface area contributed by atoms with Gasteiger partial charge >= 0.3 is 41.8 Å². The first-order chi connectivity index (χ1) is 65.7. The van der Waals surface area contributed by atoms with Crippen LogP contribution in [0, 0.1) is 11.8 Å². The van der Waals surface area contributed by atoms with Crippen molar-refractivity contribution in [1.29, 1.82) is 0 Å². The van der Waals surface area contributed by atoms with Crippen LogP contribution in [-0.4, -0.2) is 136 Å². The van der Waals surface area contributed by atoms with E-state index in [9.17, 15) is 33.6 Å². The van der Waals surface area contributed by atoms with E-state index in [4.69, 9.17) is 47.4 Å². The van der Waals surface area contributed by atoms with Crippen LogP contribution < -0.4 is 14.2 Å². The molecule has 13 rings (SSSR count). The molecule has 0 aliphatic carbocycles. The number of hydrogen-bond acceptors (Lipinski definition) is 24. The summed E-state index contributed by atoms with van der Waals surface area (Å²) in [4.78, 5) is 109. The van der Waals surface area contributed by atoms with Gasteiger partial charge in [0.1, 0.15) is 46.6 Å². The summed E-state index contributed by atoms with van der Waals surface area (Å²) in [5.74, 6) is 5.58. The lowest BCUT2D eigenvalue weighted by atomic mass is 10.0. The molecule has 0 radical (unpaired) electrons. The Morgan fingerprint density at radius 3 is 1.07 bits per heavy atom. The fraction of sp³-hybridized carbons (Fsp3) is 0.277. The van der Waals surface area contributed by atoms with Gasteiger partial charge in [-0.15, -0.1) is 11.8 Å². The molecular weight excluding hydrogens is 1730 g/mol. The molecule has 13 aromatic rings. The highest BCUT2D eigenvalue weighted by Gasteiger charge is 2.19. The molecule has 23 nitrogen and oxygen atoms in total. The SMILES string of the molecule is CC(C)OC(=O)c1cccc(OCCc2ccccc2)n1.CCCCCCOc1ccc(-c2cccc(C(=O)OC)n2)cc1.CCCCc1ccc(-c2cccc(C(=O)OC(C)C)n2)cc1.CCOC(=O)c1cccc(-c2ccc(COC(C)=O)cc2)n1.COc1ccc(C#Cc2ccc(-c3cccc(C(=O)OC(C)C)n3)cc2)cc1.CSc1ccc(-c2cccc(C(=O)OC(C)C)n2)cc1. The molecule has 24 heteroatoms. The van der Waals surface area contributed by atoms with Crippen LogP contribution in [0.4, 0.5) is 0 Å². The molecule has 0 aliphatic heterocycles. The molecule has 136 heavy (non-hydrogen) atoms. The number of carbonyl (C=O) groups is 7. The summed E-state index contributed by atoms with van der Waals surface area (Å²) in [6.45, 7) is 23.9. The summed E-state index contributed by atoms with van der Waals surface area (Å²) >= 11 is 1.69. The molecule has 0 bridgehead atoms. The highest BCUT2D eigenvalue weighted by atomic mass is 32.2.